The van der Waals surface area contributed by atoms with Crippen LogP contribution in [0.3, 0.4) is 0 Å². The molecule has 0 spiro atoms. The van der Waals surface area contributed by atoms with Crippen LogP contribution < -0.4 is 5.73 Å². The second-order valence-corrected chi connectivity index (χ2v) is 6.34. The van der Waals surface area contributed by atoms with Crippen molar-refractivity contribution in [2.75, 3.05) is 5.73 Å². The van der Waals surface area contributed by atoms with Crippen LogP contribution in [0.2, 0.25) is 0 Å². The molecule has 0 aliphatic rings. The lowest BCUT2D eigenvalue weighted by Gasteiger charge is -2.07. The number of ether oxygens (including phenoxy) is 1. The first kappa shape index (κ1) is 14.1. The van der Waals surface area contributed by atoms with Crippen molar-refractivity contribution in [1.82, 2.24) is 0 Å². The Balaban J connectivity index is 1.78. The lowest BCUT2D eigenvalue weighted by atomic mass is 10.2. The molecule has 3 nitrogen and oxygen atoms in total. The number of thiophene rings is 1. The van der Waals surface area contributed by atoms with Gasteiger partial charge in [-0.1, -0.05) is 18.2 Å². The van der Waals surface area contributed by atoms with Gasteiger partial charge in [0.1, 0.15) is 6.61 Å². The summed E-state index contributed by atoms with van der Waals surface area (Å²) >= 11 is 4.98. The molecule has 0 saturated heterocycles. The Labute approximate surface area is 134 Å². The third-order valence-corrected chi connectivity index (χ3v) is 4.83. The van der Waals surface area contributed by atoms with E-state index in [-0.39, 0.29) is 12.6 Å². The first-order valence-electron chi connectivity index (χ1n) is 6.32. The van der Waals surface area contributed by atoms with E-state index in [1.807, 2.05) is 23.6 Å². The van der Waals surface area contributed by atoms with Gasteiger partial charge < -0.3 is 10.5 Å². The zero-order valence-corrected chi connectivity index (χ0v) is 13.4. The minimum atomic E-state index is -0.385. The van der Waals surface area contributed by atoms with Crippen LogP contribution in [0.5, 0.6) is 0 Å². The molecule has 2 N–H and O–H groups in total. The number of esters is 1. The monoisotopic (exact) mass is 361 g/mol. The van der Waals surface area contributed by atoms with Crippen molar-refractivity contribution in [2.45, 2.75) is 6.61 Å². The van der Waals surface area contributed by atoms with Gasteiger partial charge >= 0.3 is 5.97 Å². The predicted octanol–water partition coefficient (Wildman–Crippen LogP) is 4.60. The average Bonchev–Trinajstić information content (AvgIpc) is 2.90. The maximum Gasteiger partial charge on any atom is 0.339 e. The Kier molecular flexibility index (Phi) is 3.94. The summed E-state index contributed by atoms with van der Waals surface area (Å²) in [6.45, 7) is 0.254. The van der Waals surface area contributed by atoms with Gasteiger partial charge in [0.15, 0.2) is 0 Å². The minimum Gasteiger partial charge on any atom is -0.457 e. The van der Waals surface area contributed by atoms with Gasteiger partial charge in [-0.05, 0) is 51.0 Å². The molecule has 0 aliphatic carbocycles. The highest BCUT2D eigenvalue weighted by Gasteiger charge is 2.13. The number of fused-ring (bicyclic) bond motifs is 1. The van der Waals surface area contributed by atoms with Crippen LogP contribution in [-0.2, 0) is 11.3 Å². The fourth-order valence-electron chi connectivity index (χ4n) is 2.06. The average molecular weight is 362 g/mol. The number of carbonyl (C=O) groups is 1. The van der Waals surface area contributed by atoms with Gasteiger partial charge in [-0.2, -0.15) is 0 Å². The summed E-state index contributed by atoms with van der Waals surface area (Å²) in [7, 11) is 0. The SMILES string of the molecule is Nc1ccc(Br)c(C(=O)OCc2csc3ccccc23)c1. The van der Waals surface area contributed by atoms with Gasteiger partial charge in [0.25, 0.3) is 0 Å². The van der Waals surface area contributed by atoms with Gasteiger partial charge in [0, 0.05) is 20.4 Å². The number of hydrogen-bond donors (Lipinski definition) is 1. The molecule has 21 heavy (non-hydrogen) atoms. The highest BCUT2D eigenvalue weighted by molar-refractivity contribution is 9.10. The number of nitrogens with two attached hydrogens (primary N) is 1. The van der Waals surface area contributed by atoms with Gasteiger partial charge in [-0.15, -0.1) is 11.3 Å². The normalized spacial score (nSPS) is 10.7. The van der Waals surface area contributed by atoms with E-state index in [2.05, 4.69) is 22.0 Å². The van der Waals surface area contributed by atoms with Crippen molar-refractivity contribution in [2.24, 2.45) is 0 Å². The predicted molar refractivity (Wildman–Crippen MR) is 89.5 cm³/mol. The van der Waals surface area contributed by atoms with E-state index in [1.165, 1.54) is 4.70 Å². The molecule has 1 heterocycles. The topological polar surface area (TPSA) is 52.3 Å². The third kappa shape index (κ3) is 2.94. The lowest BCUT2D eigenvalue weighted by molar-refractivity contribution is 0.0473. The summed E-state index contributed by atoms with van der Waals surface area (Å²) in [6, 6.07) is 13.1. The molecule has 3 aromatic rings. The van der Waals surface area contributed by atoms with Gasteiger partial charge in [0.2, 0.25) is 0 Å². The van der Waals surface area contributed by atoms with E-state index >= 15 is 0 Å². The quantitative estimate of drug-likeness (QED) is 0.547. The molecular formula is C16H12BrNO2S. The van der Waals surface area contributed by atoms with Crippen LogP contribution in [0.15, 0.2) is 52.3 Å². The second-order valence-electron chi connectivity index (χ2n) is 4.57. The number of carbonyl (C=O) groups excluding carboxylic acids is 1. The number of anilines is 1. The zero-order chi connectivity index (χ0) is 14.8. The number of nitrogen functional groups attached to an aromatic ring is 1. The van der Waals surface area contributed by atoms with E-state index in [1.54, 1.807) is 29.5 Å². The fourth-order valence-corrected chi connectivity index (χ4v) is 3.42. The van der Waals surface area contributed by atoms with Crippen molar-refractivity contribution in [1.29, 1.82) is 0 Å². The molecule has 0 fully saturated rings. The summed E-state index contributed by atoms with van der Waals surface area (Å²) in [5, 5.41) is 3.15. The van der Waals surface area contributed by atoms with Crippen molar-refractivity contribution >= 4 is 49.0 Å². The lowest BCUT2D eigenvalue weighted by Crippen LogP contribution is -2.06. The Hall–Kier alpha value is -1.85. The summed E-state index contributed by atoms with van der Waals surface area (Å²) in [4.78, 5) is 12.1. The van der Waals surface area contributed by atoms with Crippen LogP contribution in [-0.4, -0.2) is 5.97 Å². The molecule has 106 valence electrons. The molecule has 1 aromatic heterocycles. The molecule has 0 radical (unpaired) electrons. The maximum absolute atomic E-state index is 12.1. The Bertz CT molecular complexity index is 813. The van der Waals surface area contributed by atoms with E-state index in [0.29, 0.717) is 15.7 Å². The van der Waals surface area contributed by atoms with Crippen LogP contribution >= 0.6 is 27.3 Å². The van der Waals surface area contributed by atoms with Crippen LogP contribution in [0.25, 0.3) is 10.1 Å². The summed E-state index contributed by atoms with van der Waals surface area (Å²) in [5.41, 5.74) is 7.69. The zero-order valence-electron chi connectivity index (χ0n) is 11.0. The molecule has 0 saturated carbocycles. The Morgan fingerprint density at radius 1 is 1.24 bits per heavy atom. The Morgan fingerprint density at radius 2 is 2.05 bits per heavy atom. The molecule has 0 atom stereocenters. The third-order valence-electron chi connectivity index (χ3n) is 3.13. The summed E-state index contributed by atoms with van der Waals surface area (Å²) < 4.78 is 7.26. The van der Waals surface area contributed by atoms with Crippen molar-refractivity contribution in [3.8, 4) is 0 Å². The number of halogens is 1. The van der Waals surface area contributed by atoms with E-state index in [0.717, 1.165) is 10.9 Å². The fraction of sp³-hybridized carbons (Fsp3) is 0.0625. The number of hydrogen-bond acceptors (Lipinski definition) is 4. The molecule has 5 heteroatoms. The maximum atomic E-state index is 12.1. The van der Waals surface area contributed by atoms with E-state index in [9.17, 15) is 4.79 Å². The molecule has 3 rings (SSSR count). The van der Waals surface area contributed by atoms with Gasteiger partial charge in [-0.25, -0.2) is 4.79 Å². The summed E-state index contributed by atoms with van der Waals surface area (Å²) in [6.07, 6.45) is 0. The first-order chi connectivity index (χ1) is 10.1. The van der Waals surface area contributed by atoms with E-state index in [4.69, 9.17) is 10.5 Å². The molecular weight excluding hydrogens is 350 g/mol. The molecule has 0 unspecified atom stereocenters. The highest BCUT2D eigenvalue weighted by Crippen LogP contribution is 2.27. The van der Waals surface area contributed by atoms with Crippen molar-refractivity contribution < 1.29 is 9.53 Å². The molecule has 0 amide bonds. The molecule has 2 aromatic carbocycles. The Morgan fingerprint density at radius 3 is 2.90 bits per heavy atom. The second kappa shape index (κ2) is 5.87. The summed E-state index contributed by atoms with van der Waals surface area (Å²) in [5.74, 6) is -0.385. The van der Waals surface area contributed by atoms with Gasteiger partial charge in [0.05, 0.1) is 5.56 Å². The van der Waals surface area contributed by atoms with Crippen LogP contribution in [0.4, 0.5) is 5.69 Å². The smallest absolute Gasteiger partial charge is 0.339 e. The molecule has 0 aliphatic heterocycles. The number of benzene rings is 2. The van der Waals surface area contributed by atoms with Crippen molar-refractivity contribution in [3.63, 3.8) is 0 Å². The van der Waals surface area contributed by atoms with Crippen molar-refractivity contribution in [3.05, 3.63) is 63.4 Å². The first-order valence-corrected chi connectivity index (χ1v) is 7.99. The minimum absolute atomic E-state index is 0.254. The van der Waals surface area contributed by atoms with Gasteiger partial charge in [-0.3, -0.25) is 0 Å². The highest BCUT2D eigenvalue weighted by atomic mass is 79.9. The van der Waals surface area contributed by atoms with Crippen LogP contribution in [0.1, 0.15) is 15.9 Å². The standard InChI is InChI=1S/C16H12BrNO2S/c17-14-6-5-11(18)7-13(14)16(19)20-8-10-9-21-15-4-2-1-3-12(10)15/h1-7,9H,8,18H2. The van der Waals surface area contributed by atoms with Crippen LogP contribution in [0, 0.1) is 0 Å². The van der Waals surface area contributed by atoms with E-state index < -0.39 is 0 Å². The largest absolute Gasteiger partial charge is 0.457 e. The number of rotatable bonds is 3. The molecule has 0 bridgehead atoms.